The highest BCUT2D eigenvalue weighted by Gasteiger charge is 2.42. The number of hydrogen-bond donors (Lipinski definition) is 1. The average Bonchev–Trinajstić information content (AvgIpc) is 2.78. The largest absolute Gasteiger partial charge is 0.340 e. The Morgan fingerprint density at radius 3 is 3.14 bits per heavy atom. The van der Waals surface area contributed by atoms with Crippen molar-refractivity contribution in [3.05, 3.63) is 0 Å². The van der Waals surface area contributed by atoms with E-state index in [-0.39, 0.29) is 4.87 Å². The van der Waals surface area contributed by atoms with Crippen LogP contribution >= 0.6 is 11.8 Å². The lowest BCUT2D eigenvalue weighted by molar-refractivity contribution is -0.130. The van der Waals surface area contributed by atoms with Gasteiger partial charge in [-0.2, -0.15) is 0 Å². The van der Waals surface area contributed by atoms with Gasteiger partial charge >= 0.3 is 0 Å². The molecule has 0 aromatic rings. The Kier molecular flexibility index (Phi) is 3.02. The van der Waals surface area contributed by atoms with Crippen molar-refractivity contribution in [2.75, 3.05) is 25.4 Å². The molecule has 1 atom stereocenters. The number of carbonyl (C=O) groups is 1. The van der Waals surface area contributed by atoms with Crippen LogP contribution < -0.4 is 5.32 Å². The standard InChI is InChI=1S/C10H18N2OS/c1-2-3-9(13)12-6-4-10(8-12)11-5-7-14-10/h11H,2-8H2,1H3. The van der Waals surface area contributed by atoms with Crippen molar-refractivity contribution in [3.8, 4) is 0 Å². The predicted molar refractivity (Wildman–Crippen MR) is 59.3 cm³/mol. The zero-order chi connectivity index (χ0) is 10.0. The minimum atomic E-state index is 0.212. The Morgan fingerprint density at radius 2 is 2.50 bits per heavy atom. The van der Waals surface area contributed by atoms with Crippen LogP contribution in [0.25, 0.3) is 0 Å². The third-order valence-electron chi connectivity index (χ3n) is 2.98. The summed E-state index contributed by atoms with van der Waals surface area (Å²) in [5.41, 5.74) is 0. The normalized spacial score (nSPS) is 31.6. The fourth-order valence-corrected chi connectivity index (χ4v) is 3.49. The van der Waals surface area contributed by atoms with Crippen molar-refractivity contribution >= 4 is 17.7 Å². The maximum absolute atomic E-state index is 11.7. The molecule has 14 heavy (non-hydrogen) atoms. The Bertz CT molecular complexity index is 226. The third-order valence-corrected chi connectivity index (χ3v) is 4.41. The van der Waals surface area contributed by atoms with E-state index in [1.807, 2.05) is 16.7 Å². The van der Waals surface area contributed by atoms with Gasteiger partial charge in [0.05, 0.1) is 4.87 Å². The van der Waals surface area contributed by atoms with E-state index in [1.165, 1.54) is 5.75 Å². The van der Waals surface area contributed by atoms with Crippen molar-refractivity contribution in [3.63, 3.8) is 0 Å². The van der Waals surface area contributed by atoms with Crippen LogP contribution in [0.5, 0.6) is 0 Å². The van der Waals surface area contributed by atoms with Crippen molar-refractivity contribution in [1.82, 2.24) is 10.2 Å². The third kappa shape index (κ3) is 1.91. The van der Waals surface area contributed by atoms with Crippen molar-refractivity contribution in [2.24, 2.45) is 0 Å². The molecule has 0 aromatic heterocycles. The van der Waals surface area contributed by atoms with Crippen LogP contribution in [0, 0.1) is 0 Å². The molecule has 2 heterocycles. The molecule has 1 spiro atoms. The quantitative estimate of drug-likeness (QED) is 0.746. The van der Waals surface area contributed by atoms with Gasteiger partial charge in [-0.05, 0) is 12.8 Å². The van der Waals surface area contributed by atoms with Crippen LogP contribution in [0.4, 0.5) is 0 Å². The van der Waals surface area contributed by atoms with Gasteiger partial charge in [0.2, 0.25) is 5.91 Å². The summed E-state index contributed by atoms with van der Waals surface area (Å²) in [6.07, 6.45) is 2.79. The van der Waals surface area contributed by atoms with Crippen LogP contribution in [-0.4, -0.2) is 41.1 Å². The molecule has 2 aliphatic rings. The fraction of sp³-hybridized carbons (Fsp3) is 0.900. The summed E-state index contributed by atoms with van der Waals surface area (Å²) in [7, 11) is 0. The molecule has 3 nitrogen and oxygen atoms in total. The molecular formula is C10H18N2OS. The summed E-state index contributed by atoms with van der Waals surface area (Å²) in [6, 6.07) is 0. The first kappa shape index (κ1) is 10.3. The summed E-state index contributed by atoms with van der Waals surface area (Å²) in [4.78, 5) is 13.9. The molecule has 2 rings (SSSR count). The van der Waals surface area contributed by atoms with E-state index < -0.39 is 0 Å². The zero-order valence-electron chi connectivity index (χ0n) is 8.71. The maximum Gasteiger partial charge on any atom is 0.222 e. The van der Waals surface area contributed by atoms with Gasteiger partial charge in [-0.3, -0.25) is 4.79 Å². The first-order valence-corrected chi connectivity index (χ1v) is 6.41. The Hall–Kier alpha value is -0.220. The van der Waals surface area contributed by atoms with E-state index in [0.29, 0.717) is 12.3 Å². The average molecular weight is 214 g/mol. The molecule has 1 amide bonds. The number of rotatable bonds is 2. The molecule has 2 fully saturated rings. The Labute approximate surface area is 89.6 Å². The molecule has 2 saturated heterocycles. The highest BCUT2D eigenvalue weighted by Crippen LogP contribution is 2.36. The molecule has 0 radical (unpaired) electrons. The highest BCUT2D eigenvalue weighted by atomic mass is 32.2. The van der Waals surface area contributed by atoms with Gasteiger partial charge in [0.15, 0.2) is 0 Å². The lowest BCUT2D eigenvalue weighted by Crippen LogP contribution is -2.41. The second-order valence-corrected chi connectivity index (χ2v) is 5.56. The molecular weight excluding hydrogens is 196 g/mol. The number of carbonyl (C=O) groups excluding carboxylic acids is 1. The zero-order valence-corrected chi connectivity index (χ0v) is 9.53. The number of amides is 1. The smallest absolute Gasteiger partial charge is 0.222 e. The van der Waals surface area contributed by atoms with Crippen molar-refractivity contribution in [2.45, 2.75) is 31.1 Å². The van der Waals surface area contributed by atoms with E-state index in [0.717, 1.165) is 32.5 Å². The first-order valence-electron chi connectivity index (χ1n) is 5.42. The Morgan fingerprint density at radius 1 is 1.64 bits per heavy atom. The highest BCUT2D eigenvalue weighted by molar-refractivity contribution is 8.00. The van der Waals surface area contributed by atoms with Gasteiger partial charge in [0.1, 0.15) is 0 Å². The van der Waals surface area contributed by atoms with Gasteiger partial charge in [0, 0.05) is 31.8 Å². The molecule has 1 unspecified atom stereocenters. The number of nitrogens with zero attached hydrogens (tertiary/aromatic N) is 1. The molecule has 0 aliphatic carbocycles. The number of likely N-dealkylation sites (tertiary alicyclic amines) is 1. The van der Waals surface area contributed by atoms with Crippen LogP contribution in [0.15, 0.2) is 0 Å². The molecule has 1 N–H and O–H groups in total. The SMILES string of the molecule is CCCC(=O)N1CCC2(C1)NCCS2. The minimum absolute atomic E-state index is 0.212. The molecule has 4 heteroatoms. The van der Waals surface area contributed by atoms with Gasteiger partial charge in [-0.25, -0.2) is 0 Å². The molecule has 0 saturated carbocycles. The molecule has 2 aliphatic heterocycles. The maximum atomic E-state index is 11.7. The summed E-state index contributed by atoms with van der Waals surface area (Å²) < 4.78 is 0. The fourth-order valence-electron chi connectivity index (χ4n) is 2.21. The molecule has 0 bridgehead atoms. The second-order valence-electron chi connectivity index (χ2n) is 4.08. The number of nitrogens with one attached hydrogen (secondary N) is 1. The van der Waals surface area contributed by atoms with Crippen LogP contribution in [0.3, 0.4) is 0 Å². The van der Waals surface area contributed by atoms with Gasteiger partial charge in [-0.15, -0.1) is 11.8 Å². The van der Waals surface area contributed by atoms with Gasteiger partial charge in [-0.1, -0.05) is 6.92 Å². The van der Waals surface area contributed by atoms with E-state index in [4.69, 9.17) is 0 Å². The predicted octanol–water partition coefficient (Wildman–Crippen LogP) is 1.05. The van der Waals surface area contributed by atoms with E-state index in [9.17, 15) is 4.79 Å². The van der Waals surface area contributed by atoms with Crippen LogP contribution in [-0.2, 0) is 4.79 Å². The summed E-state index contributed by atoms with van der Waals surface area (Å²) in [5.74, 6) is 1.52. The van der Waals surface area contributed by atoms with E-state index in [1.54, 1.807) is 0 Å². The number of hydrogen-bond acceptors (Lipinski definition) is 3. The lowest BCUT2D eigenvalue weighted by Gasteiger charge is -2.23. The van der Waals surface area contributed by atoms with Crippen molar-refractivity contribution < 1.29 is 4.79 Å². The summed E-state index contributed by atoms with van der Waals surface area (Å²) >= 11 is 1.99. The summed E-state index contributed by atoms with van der Waals surface area (Å²) in [6.45, 7) is 5.02. The molecule has 0 aromatic carbocycles. The Balaban J connectivity index is 1.90. The topological polar surface area (TPSA) is 32.3 Å². The lowest BCUT2D eigenvalue weighted by atomic mass is 10.2. The van der Waals surface area contributed by atoms with Crippen LogP contribution in [0.1, 0.15) is 26.2 Å². The minimum Gasteiger partial charge on any atom is -0.340 e. The van der Waals surface area contributed by atoms with Crippen molar-refractivity contribution in [1.29, 1.82) is 0 Å². The van der Waals surface area contributed by atoms with Gasteiger partial charge < -0.3 is 10.2 Å². The van der Waals surface area contributed by atoms with E-state index in [2.05, 4.69) is 12.2 Å². The van der Waals surface area contributed by atoms with Gasteiger partial charge in [0.25, 0.3) is 0 Å². The summed E-state index contributed by atoms with van der Waals surface area (Å²) in [5, 5.41) is 3.53. The van der Waals surface area contributed by atoms with Crippen LogP contribution in [0.2, 0.25) is 0 Å². The van der Waals surface area contributed by atoms with E-state index >= 15 is 0 Å². The molecule has 80 valence electrons. The monoisotopic (exact) mass is 214 g/mol. The second kappa shape index (κ2) is 4.11. The first-order chi connectivity index (χ1) is 6.76. The number of thioether (sulfide) groups is 1.